The van der Waals surface area contributed by atoms with Crippen LogP contribution in [0.5, 0.6) is 5.88 Å². The fourth-order valence-corrected chi connectivity index (χ4v) is 1.12. The molecule has 0 spiro atoms. The third-order valence-corrected chi connectivity index (χ3v) is 1.84. The van der Waals surface area contributed by atoms with Crippen molar-refractivity contribution in [1.82, 2.24) is 4.98 Å². The van der Waals surface area contributed by atoms with Gasteiger partial charge in [-0.15, -0.1) is 0 Å². The summed E-state index contributed by atoms with van der Waals surface area (Å²) in [6.45, 7) is 0.812. The largest absolute Gasteiger partial charge is 0.474 e. The Morgan fingerprint density at radius 1 is 1.50 bits per heavy atom. The van der Waals surface area contributed by atoms with E-state index in [1.54, 1.807) is 13.2 Å². The van der Waals surface area contributed by atoms with Gasteiger partial charge in [-0.3, -0.25) is 0 Å². The smallest absolute Gasteiger partial charge is 0.232 e. The molecule has 0 bridgehead atoms. The molecule has 1 heterocycles. The molecule has 0 unspecified atom stereocenters. The van der Waals surface area contributed by atoms with Gasteiger partial charge >= 0.3 is 0 Å². The Kier molecular flexibility index (Phi) is 4.65. The second-order valence-electron chi connectivity index (χ2n) is 2.63. The molecule has 0 aliphatic rings. The van der Waals surface area contributed by atoms with Crippen molar-refractivity contribution in [2.75, 3.05) is 20.3 Å². The number of nitrogens with zero attached hydrogens (tertiary/aromatic N) is 1. The third kappa shape index (κ3) is 3.14. The van der Waals surface area contributed by atoms with E-state index in [0.717, 1.165) is 0 Å². The average Bonchev–Trinajstić information content (AvgIpc) is 2.20. The van der Waals surface area contributed by atoms with Crippen LogP contribution in [0.3, 0.4) is 0 Å². The molecule has 0 aliphatic carbocycles. The molecule has 0 aliphatic heterocycles. The molecule has 0 amide bonds. The molecule has 5 heteroatoms. The maximum atomic E-state index is 8.81. The summed E-state index contributed by atoms with van der Waals surface area (Å²) < 4.78 is 10.0. The van der Waals surface area contributed by atoms with Gasteiger partial charge in [0.1, 0.15) is 11.6 Å². The maximum Gasteiger partial charge on any atom is 0.232 e. The molecule has 0 fully saturated rings. The zero-order chi connectivity index (χ0) is 10.4. The Balaban J connectivity index is 2.59. The molecule has 1 N–H and O–H groups in total. The van der Waals surface area contributed by atoms with E-state index in [4.69, 9.17) is 26.2 Å². The number of methoxy groups -OCH3 is 1. The van der Waals surface area contributed by atoms with E-state index in [9.17, 15) is 0 Å². The van der Waals surface area contributed by atoms with Crippen molar-refractivity contribution in [2.24, 2.45) is 0 Å². The van der Waals surface area contributed by atoms with Crippen LogP contribution in [0.2, 0.25) is 5.02 Å². The van der Waals surface area contributed by atoms with E-state index in [1.807, 2.05) is 0 Å². The third-order valence-electron chi connectivity index (χ3n) is 1.57. The lowest BCUT2D eigenvalue weighted by atomic mass is 10.3. The minimum atomic E-state index is -0.0783. The highest BCUT2D eigenvalue weighted by atomic mass is 35.5. The first-order valence-corrected chi connectivity index (χ1v) is 4.52. The molecule has 1 aromatic rings. The number of hydrogen-bond donors (Lipinski definition) is 1. The van der Waals surface area contributed by atoms with Crippen molar-refractivity contribution < 1.29 is 14.6 Å². The second kappa shape index (κ2) is 5.80. The monoisotopic (exact) mass is 217 g/mol. The van der Waals surface area contributed by atoms with E-state index < -0.39 is 0 Å². The minimum Gasteiger partial charge on any atom is -0.474 e. The summed E-state index contributed by atoms with van der Waals surface area (Å²) in [7, 11) is 1.59. The highest BCUT2D eigenvalue weighted by Crippen LogP contribution is 2.22. The van der Waals surface area contributed by atoms with Gasteiger partial charge < -0.3 is 14.6 Å². The minimum absolute atomic E-state index is 0.0783. The number of hydrogen-bond acceptors (Lipinski definition) is 4. The van der Waals surface area contributed by atoms with E-state index in [-0.39, 0.29) is 6.61 Å². The van der Waals surface area contributed by atoms with E-state index >= 15 is 0 Å². The molecular weight excluding hydrogens is 206 g/mol. The van der Waals surface area contributed by atoms with Crippen LogP contribution in [0.25, 0.3) is 0 Å². The molecule has 1 aromatic heterocycles. The average molecular weight is 218 g/mol. The van der Waals surface area contributed by atoms with Gasteiger partial charge in [-0.1, -0.05) is 11.6 Å². The number of ether oxygens (including phenoxy) is 2. The van der Waals surface area contributed by atoms with Gasteiger partial charge in [0, 0.05) is 13.3 Å². The number of aliphatic hydroxyl groups excluding tert-OH is 1. The van der Waals surface area contributed by atoms with Crippen molar-refractivity contribution in [3.05, 3.63) is 22.8 Å². The van der Waals surface area contributed by atoms with Gasteiger partial charge in [0.2, 0.25) is 5.88 Å². The van der Waals surface area contributed by atoms with Gasteiger partial charge in [0.15, 0.2) is 0 Å². The van der Waals surface area contributed by atoms with E-state index in [1.165, 1.54) is 6.20 Å². The molecule has 0 saturated carbocycles. The lowest BCUT2D eigenvalue weighted by Crippen LogP contribution is -2.05. The van der Waals surface area contributed by atoms with E-state index in [2.05, 4.69) is 4.98 Å². The Morgan fingerprint density at radius 2 is 2.29 bits per heavy atom. The number of rotatable bonds is 5. The van der Waals surface area contributed by atoms with Gasteiger partial charge in [-0.25, -0.2) is 4.98 Å². The number of aromatic nitrogens is 1. The van der Waals surface area contributed by atoms with Crippen LogP contribution in [0.1, 0.15) is 5.56 Å². The Labute approximate surface area is 87.4 Å². The summed E-state index contributed by atoms with van der Waals surface area (Å²) in [5, 5.41) is 9.20. The SMILES string of the molecule is COCCOc1ncc(CO)cc1Cl. The molecule has 14 heavy (non-hydrogen) atoms. The molecule has 0 atom stereocenters. The summed E-state index contributed by atoms with van der Waals surface area (Å²) in [6, 6.07) is 1.62. The molecule has 0 saturated heterocycles. The van der Waals surface area contributed by atoms with Crippen molar-refractivity contribution in [2.45, 2.75) is 6.61 Å². The van der Waals surface area contributed by atoms with Gasteiger partial charge in [0.25, 0.3) is 0 Å². The van der Waals surface area contributed by atoms with Crippen molar-refractivity contribution in [3.8, 4) is 5.88 Å². The van der Waals surface area contributed by atoms with Crippen LogP contribution in [-0.2, 0) is 11.3 Å². The Morgan fingerprint density at radius 3 is 2.86 bits per heavy atom. The highest BCUT2D eigenvalue weighted by molar-refractivity contribution is 6.31. The van der Waals surface area contributed by atoms with E-state index in [0.29, 0.717) is 29.7 Å². The normalized spacial score (nSPS) is 10.2. The predicted octanol–water partition coefficient (Wildman–Crippen LogP) is 1.25. The van der Waals surface area contributed by atoms with Crippen LogP contribution in [0.15, 0.2) is 12.3 Å². The summed E-state index contributed by atoms with van der Waals surface area (Å²) in [5.41, 5.74) is 0.661. The first-order valence-electron chi connectivity index (χ1n) is 4.15. The zero-order valence-corrected chi connectivity index (χ0v) is 8.62. The molecular formula is C9H12ClNO3. The summed E-state index contributed by atoms with van der Waals surface area (Å²) in [4.78, 5) is 3.95. The highest BCUT2D eigenvalue weighted by Gasteiger charge is 2.03. The lowest BCUT2D eigenvalue weighted by Gasteiger charge is -2.06. The second-order valence-corrected chi connectivity index (χ2v) is 3.04. The van der Waals surface area contributed by atoms with Crippen LogP contribution < -0.4 is 4.74 Å². The number of pyridine rings is 1. The van der Waals surface area contributed by atoms with Crippen LogP contribution >= 0.6 is 11.6 Å². The summed E-state index contributed by atoms with van der Waals surface area (Å²) in [6.07, 6.45) is 1.52. The Hall–Kier alpha value is -0.840. The first kappa shape index (κ1) is 11.2. The zero-order valence-electron chi connectivity index (χ0n) is 7.86. The first-order chi connectivity index (χ1) is 6.77. The van der Waals surface area contributed by atoms with Crippen LogP contribution in [0, 0.1) is 0 Å². The van der Waals surface area contributed by atoms with Gasteiger partial charge in [-0.05, 0) is 11.6 Å². The lowest BCUT2D eigenvalue weighted by molar-refractivity contribution is 0.143. The Bertz CT molecular complexity index is 293. The fourth-order valence-electron chi connectivity index (χ4n) is 0.879. The van der Waals surface area contributed by atoms with Crippen molar-refractivity contribution in [3.63, 3.8) is 0 Å². The maximum absolute atomic E-state index is 8.81. The van der Waals surface area contributed by atoms with Gasteiger partial charge in [0.05, 0.1) is 13.2 Å². The molecule has 4 nitrogen and oxygen atoms in total. The van der Waals surface area contributed by atoms with Crippen LogP contribution in [0.4, 0.5) is 0 Å². The topological polar surface area (TPSA) is 51.6 Å². The number of halogens is 1. The molecule has 0 radical (unpaired) electrons. The van der Waals surface area contributed by atoms with Crippen molar-refractivity contribution >= 4 is 11.6 Å². The molecule has 0 aromatic carbocycles. The molecule has 78 valence electrons. The van der Waals surface area contributed by atoms with Gasteiger partial charge in [-0.2, -0.15) is 0 Å². The quantitative estimate of drug-likeness (QED) is 0.755. The molecule has 1 rings (SSSR count). The van der Waals surface area contributed by atoms with Crippen LogP contribution in [-0.4, -0.2) is 30.4 Å². The standard InChI is InChI=1S/C9H12ClNO3/c1-13-2-3-14-9-8(10)4-7(6-12)5-11-9/h4-5,12H,2-3,6H2,1H3. The summed E-state index contributed by atoms with van der Waals surface area (Å²) >= 11 is 5.85. The fraction of sp³-hybridized carbons (Fsp3) is 0.444. The number of aliphatic hydroxyl groups is 1. The predicted molar refractivity (Wildman–Crippen MR) is 52.5 cm³/mol. The summed E-state index contributed by atoms with van der Waals surface area (Å²) in [5.74, 6) is 0.362. The van der Waals surface area contributed by atoms with Crippen molar-refractivity contribution in [1.29, 1.82) is 0 Å².